The summed E-state index contributed by atoms with van der Waals surface area (Å²) in [4.78, 5) is 24.7. The summed E-state index contributed by atoms with van der Waals surface area (Å²) in [5.41, 5.74) is 0. The molecule has 0 spiro atoms. The van der Waals surface area contributed by atoms with Gasteiger partial charge in [-0.3, -0.25) is 9.59 Å². The van der Waals surface area contributed by atoms with E-state index in [9.17, 15) is 19.8 Å². The summed E-state index contributed by atoms with van der Waals surface area (Å²) < 4.78 is 5.51. The second-order valence-corrected chi connectivity index (χ2v) is 30.2. The molecule has 558 valence electrons. The van der Waals surface area contributed by atoms with Gasteiger partial charge in [0.05, 0.1) is 25.4 Å². The van der Waals surface area contributed by atoms with Gasteiger partial charge in [-0.1, -0.05) is 456 Å². The van der Waals surface area contributed by atoms with E-state index in [2.05, 4.69) is 31.3 Å². The molecule has 0 aliphatic heterocycles. The Morgan fingerprint density at radius 2 is 0.500 bits per heavy atom. The van der Waals surface area contributed by atoms with Gasteiger partial charge in [-0.05, 0) is 57.8 Å². The van der Waals surface area contributed by atoms with Gasteiger partial charge < -0.3 is 20.3 Å². The summed E-state index contributed by atoms with van der Waals surface area (Å²) in [6.07, 6.45) is 109. The van der Waals surface area contributed by atoms with Crippen molar-refractivity contribution in [1.29, 1.82) is 0 Å². The third kappa shape index (κ3) is 79.3. The normalized spacial score (nSPS) is 12.5. The largest absolute Gasteiger partial charge is 0.466 e. The van der Waals surface area contributed by atoms with Crippen molar-refractivity contribution in [3.63, 3.8) is 0 Å². The Balaban J connectivity index is 3.35. The van der Waals surface area contributed by atoms with Gasteiger partial charge in [0.1, 0.15) is 0 Å². The van der Waals surface area contributed by atoms with E-state index in [1.807, 2.05) is 6.08 Å². The molecule has 6 heteroatoms. The average molecular weight is 1320 g/mol. The van der Waals surface area contributed by atoms with Crippen molar-refractivity contribution in [2.45, 2.75) is 514 Å². The summed E-state index contributed by atoms with van der Waals surface area (Å²) in [6.45, 7) is 4.97. The van der Waals surface area contributed by atoms with Crippen molar-refractivity contribution in [1.82, 2.24) is 5.32 Å². The van der Waals surface area contributed by atoms with Crippen LogP contribution in [0.2, 0.25) is 0 Å². The smallest absolute Gasteiger partial charge is 0.305 e. The minimum atomic E-state index is -0.843. The van der Waals surface area contributed by atoms with Crippen LogP contribution in [0.1, 0.15) is 502 Å². The molecule has 0 rings (SSSR count). The maximum Gasteiger partial charge on any atom is 0.305 e. The van der Waals surface area contributed by atoms with Gasteiger partial charge in [-0.2, -0.15) is 0 Å². The van der Waals surface area contributed by atoms with Crippen molar-refractivity contribution >= 4 is 11.9 Å². The van der Waals surface area contributed by atoms with Crippen LogP contribution in [-0.2, 0) is 14.3 Å². The van der Waals surface area contributed by atoms with Crippen LogP contribution < -0.4 is 5.32 Å². The number of aliphatic hydroxyl groups excluding tert-OH is 2. The van der Waals surface area contributed by atoms with Crippen molar-refractivity contribution in [2.75, 3.05) is 13.2 Å². The lowest BCUT2D eigenvalue weighted by Crippen LogP contribution is -2.45. The fourth-order valence-electron chi connectivity index (χ4n) is 14.1. The molecule has 2 unspecified atom stereocenters. The van der Waals surface area contributed by atoms with Crippen LogP contribution in [0.15, 0.2) is 24.3 Å². The molecule has 0 aromatic carbocycles. The Labute approximate surface area is 590 Å². The van der Waals surface area contributed by atoms with Gasteiger partial charge in [0.25, 0.3) is 0 Å². The van der Waals surface area contributed by atoms with E-state index < -0.39 is 12.1 Å². The highest BCUT2D eigenvalue weighted by atomic mass is 16.5. The Bertz CT molecular complexity index is 1480. The van der Waals surface area contributed by atoms with Crippen LogP contribution in [0.25, 0.3) is 0 Å². The van der Waals surface area contributed by atoms with Crippen LogP contribution in [0.3, 0.4) is 0 Å². The Hall–Kier alpha value is -1.66. The Kier molecular flexibility index (Phi) is 82.3. The molecular weight excluding hydrogens is 1150 g/mol. The van der Waals surface area contributed by atoms with E-state index in [-0.39, 0.29) is 18.5 Å². The van der Waals surface area contributed by atoms with E-state index in [1.54, 1.807) is 6.08 Å². The molecule has 2 atom stereocenters. The number of unbranched alkanes of at least 4 members (excludes halogenated alkanes) is 70. The maximum atomic E-state index is 12.6. The van der Waals surface area contributed by atoms with E-state index in [4.69, 9.17) is 4.74 Å². The number of esters is 1. The average Bonchev–Trinajstić information content (AvgIpc) is 3.26. The standard InChI is InChI=1S/C88H171NO5/c1-3-5-7-9-11-13-15-17-19-20-21-22-23-37-40-43-46-49-53-56-60-64-68-72-76-80-86(91)85(84-90)89-87(92)81-77-73-69-65-61-57-54-50-47-44-41-38-35-33-31-29-27-25-24-26-28-30-32-34-36-39-42-45-48-51-55-59-63-67-71-75-79-83-94-88(93)82-78-74-70-66-62-58-52-18-16-14-12-10-8-6-4-2/h24,26,76,80,85-86,90-91H,3-23,25,27-75,77-79,81-84H2,1-2H3,(H,89,92)/b26-24-,80-76+. The number of hydrogen-bond acceptors (Lipinski definition) is 5. The molecule has 0 aliphatic rings. The number of rotatable bonds is 83. The number of ether oxygens (including phenoxy) is 1. The van der Waals surface area contributed by atoms with Gasteiger partial charge in [-0.15, -0.1) is 0 Å². The molecule has 0 heterocycles. The fraction of sp³-hybridized carbons (Fsp3) is 0.932. The minimum absolute atomic E-state index is 0.0254. The zero-order chi connectivity index (χ0) is 67.7. The second kappa shape index (κ2) is 83.8. The second-order valence-electron chi connectivity index (χ2n) is 30.2. The fourth-order valence-corrected chi connectivity index (χ4v) is 14.1. The highest BCUT2D eigenvalue weighted by Gasteiger charge is 2.18. The van der Waals surface area contributed by atoms with Crippen LogP contribution in [0.5, 0.6) is 0 Å². The Morgan fingerprint density at radius 3 is 0.755 bits per heavy atom. The summed E-state index contributed by atoms with van der Waals surface area (Å²) >= 11 is 0. The highest BCUT2D eigenvalue weighted by molar-refractivity contribution is 5.76. The summed E-state index contributed by atoms with van der Waals surface area (Å²) in [5.74, 6) is -0.0326. The third-order valence-corrected chi connectivity index (χ3v) is 20.7. The molecule has 0 aromatic heterocycles. The van der Waals surface area contributed by atoms with Crippen LogP contribution in [0.4, 0.5) is 0 Å². The maximum absolute atomic E-state index is 12.6. The molecule has 94 heavy (non-hydrogen) atoms. The number of nitrogens with one attached hydrogen (secondary N) is 1. The SMILES string of the molecule is CCCCCCCCCCCCCCCCCCCCCCCCC/C=C/C(O)C(CO)NC(=O)CCCCCCCCCCCCCCCCCCC/C=C\CCCCCCCCCCCCCCCCCCOC(=O)CCCCCCCCCCCCCCCCC. The molecular formula is C88H171NO5. The first kappa shape index (κ1) is 92.3. The number of carbonyl (C=O) groups excluding carboxylic acids is 2. The van der Waals surface area contributed by atoms with Crippen molar-refractivity contribution in [2.24, 2.45) is 0 Å². The van der Waals surface area contributed by atoms with E-state index in [0.29, 0.717) is 19.4 Å². The molecule has 1 amide bonds. The molecule has 0 fully saturated rings. The first-order valence-corrected chi connectivity index (χ1v) is 43.6. The van der Waals surface area contributed by atoms with E-state index in [1.165, 1.54) is 437 Å². The quantitative estimate of drug-likeness (QED) is 0.0320. The molecule has 0 saturated heterocycles. The molecule has 0 saturated carbocycles. The monoisotopic (exact) mass is 1320 g/mol. The van der Waals surface area contributed by atoms with Gasteiger partial charge >= 0.3 is 5.97 Å². The summed E-state index contributed by atoms with van der Waals surface area (Å²) in [7, 11) is 0. The highest BCUT2D eigenvalue weighted by Crippen LogP contribution is 2.21. The molecule has 6 nitrogen and oxygen atoms in total. The van der Waals surface area contributed by atoms with E-state index >= 15 is 0 Å². The van der Waals surface area contributed by atoms with Crippen molar-refractivity contribution in [3.05, 3.63) is 24.3 Å². The van der Waals surface area contributed by atoms with Gasteiger partial charge in [0.15, 0.2) is 0 Å². The summed E-state index contributed by atoms with van der Waals surface area (Å²) in [6, 6.07) is -0.626. The molecule has 0 radical (unpaired) electrons. The number of carbonyl (C=O) groups is 2. The van der Waals surface area contributed by atoms with Crippen LogP contribution in [0, 0.1) is 0 Å². The van der Waals surface area contributed by atoms with Gasteiger partial charge in [0, 0.05) is 12.8 Å². The zero-order valence-electron chi connectivity index (χ0n) is 64.2. The number of amides is 1. The lowest BCUT2D eigenvalue weighted by atomic mass is 10.0. The van der Waals surface area contributed by atoms with Crippen molar-refractivity contribution in [3.8, 4) is 0 Å². The third-order valence-electron chi connectivity index (χ3n) is 20.7. The first-order chi connectivity index (χ1) is 46.5. The number of hydrogen-bond donors (Lipinski definition) is 3. The number of allylic oxidation sites excluding steroid dienone is 3. The van der Waals surface area contributed by atoms with Gasteiger partial charge in [0.2, 0.25) is 5.91 Å². The molecule has 0 aromatic rings. The minimum Gasteiger partial charge on any atom is -0.466 e. The predicted molar refractivity (Wildman–Crippen MR) is 417 cm³/mol. The molecule has 0 bridgehead atoms. The lowest BCUT2D eigenvalue weighted by Gasteiger charge is -2.20. The van der Waals surface area contributed by atoms with Crippen LogP contribution >= 0.6 is 0 Å². The molecule has 3 N–H and O–H groups in total. The number of aliphatic hydroxyl groups is 2. The van der Waals surface area contributed by atoms with Gasteiger partial charge in [-0.25, -0.2) is 0 Å². The molecule has 0 aliphatic carbocycles. The Morgan fingerprint density at radius 1 is 0.287 bits per heavy atom. The summed E-state index contributed by atoms with van der Waals surface area (Å²) in [5, 5.41) is 23.3. The van der Waals surface area contributed by atoms with Crippen LogP contribution in [-0.4, -0.2) is 47.4 Å². The van der Waals surface area contributed by atoms with E-state index in [0.717, 1.165) is 38.5 Å². The topological polar surface area (TPSA) is 95.9 Å². The lowest BCUT2D eigenvalue weighted by molar-refractivity contribution is -0.143. The predicted octanol–water partition coefficient (Wildman–Crippen LogP) is 29.2. The van der Waals surface area contributed by atoms with Crippen molar-refractivity contribution < 1.29 is 24.5 Å². The first-order valence-electron chi connectivity index (χ1n) is 43.6. The zero-order valence-corrected chi connectivity index (χ0v) is 64.2.